The number of urea groups is 1. The summed E-state index contributed by atoms with van der Waals surface area (Å²) in [4.78, 5) is 39.6. The molecule has 1 N–H and O–H groups in total. The maximum Gasteiger partial charge on any atom is 0.325 e. The zero-order chi connectivity index (χ0) is 22.8. The number of hydrogen-bond donors (Lipinski definition) is 1. The van der Waals surface area contributed by atoms with Gasteiger partial charge in [0.25, 0.3) is 5.91 Å². The number of nitrogens with one attached hydrogen (secondary N) is 1. The first-order valence-corrected chi connectivity index (χ1v) is 10.7. The van der Waals surface area contributed by atoms with Crippen molar-refractivity contribution in [3.8, 4) is 5.75 Å². The summed E-state index contributed by atoms with van der Waals surface area (Å²) in [7, 11) is 1.61. The Balaban J connectivity index is 1.69. The highest BCUT2D eigenvalue weighted by atomic mass is 16.5. The predicted octanol–water partition coefficient (Wildman–Crippen LogP) is 3.65. The minimum atomic E-state index is -1.03. The van der Waals surface area contributed by atoms with Gasteiger partial charge in [-0.15, -0.1) is 0 Å². The second-order valence-corrected chi connectivity index (χ2v) is 8.36. The van der Waals surface area contributed by atoms with E-state index in [-0.39, 0.29) is 18.2 Å². The molecule has 1 fully saturated rings. The summed E-state index contributed by atoms with van der Waals surface area (Å²) in [6.45, 7) is 8.25. The van der Waals surface area contributed by atoms with Crippen molar-refractivity contribution in [1.29, 1.82) is 0 Å². The van der Waals surface area contributed by atoms with E-state index in [2.05, 4.69) is 16.8 Å². The van der Waals surface area contributed by atoms with Gasteiger partial charge in [0.15, 0.2) is 5.78 Å². The number of aryl methyl sites for hydroxylation is 2. The second kappa shape index (κ2) is 8.96. The molecule has 0 spiro atoms. The van der Waals surface area contributed by atoms with Crippen LogP contribution in [0, 0.1) is 13.8 Å². The first-order chi connectivity index (χ1) is 14.7. The molecule has 0 radical (unpaired) electrons. The zero-order valence-corrected chi connectivity index (χ0v) is 18.9. The Bertz CT molecular complexity index is 993. The van der Waals surface area contributed by atoms with E-state index in [1.54, 1.807) is 14.0 Å². The Labute approximate surface area is 183 Å². The van der Waals surface area contributed by atoms with Gasteiger partial charge in [0.1, 0.15) is 11.3 Å². The molecule has 1 aromatic heterocycles. The van der Waals surface area contributed by atoms with Crippen LogP contribution in [0.4, 0.5) is 4.79 Å². The minimum absolute atomic E-state index is 0.224. The molecule has 0 bridgehead atoms. The molecule has 0 aliphatic carbocycles. The number of carbonyl (C=O) groups is 3. The third kappa shape index (κ3) is 4.50. The highest BCUT2D eigenvalue weighted by molar-refractivity contribution is 6.11. The van der Waals surface area contributed by atoms with Gasteiger partial charge in [0.2, 0.25) is 0 Å². The molecule has 7 nitrogen and oxygen atoms in total. The standard InChI is InChI=1S/C24H31N3O4/c1-6-13-26-16(2)14-20(17(26)3)21(28)15-27-22(29)24(4,25-23(27)30)12-11-18-7-9-19(31-5)10-8-18/h7-10,14H,6,11-13,15H2,1-5H3,(H,25,30)/t24-/m0/s1. The molecular formula is C24H31N3O4. The molecule has 3 rings (SSSR count). The number of imide groups is 1. The zero-order valence-electron chi connectivity index (χ0n) is 18.9. The van der Waals surface area contributed by atoms with Crippen LogP contribution in [0.1, 0.15) is 54.0 Å². The Kier molecular flexibility index (Phi) is 6.53. The van der Waals surface area contributed by atoms with Crippen molar-refractivity contribution in [3.63, 3.8) is 0 Å². The van der Waals surface area contributed by atoms with Gasteiger partial charge in [0.05, 0.1) is 13.7 Å². The SMILES string of the molecule is CCCn1c(C)cc(C(=O)CN2C(=O)N[C@@](C)(CCc3ccc(OC)cc3)C2=O)c1C. The van der Waals surface area contributed by atoms with E-state index in [9.17, 15) is 14.4 Å². The van der Waals surface area contributed by atoms with Crippen LogP contribution in [0.2, 0.25) is 0 Å². The number of ether oxygens (including phenoxy) is 1. The number of methoxy groups -OCH3 is 1. The third-order valence-electron chi connectivity index (χ3n) is 6.04. The van der Waals surface area contributed by atoms with Gasteiger partial charge in [0, 0.05) is 23.5 Å². The van der Waals surface area contributed by atoms with Gasteiger partial charge in [-0.3, -0.25) is 14.5 Å². The average molecular weight is 426 g/mol. The van der Waals surface area contributed by atoms with Crippen LogP contribution in [-0.4, -0.2) is 46.4 Å². The number of benzene rings is 1. The van der Waals surface area contributed by atoms with E-state index < -0.39 is 11.6 Å². The summed E-state index contributed by atoms with van der Waals surface area (Å²) in [6, 6.07) is 8.94. The lowest BCUT2D eigenvalue weighted by molar-refractivity contribution is -0.130. The first kappa shape index (κ1) is 22.6. The molecule has 1 aliphatic rings. The van der Waals surface area contributed by atoms with Crippen molar-refractivity contribution in [2.24, 2.45) is 0 Å². The molecule has 3 amide bonds. The van der Waals surface area contributed by atoms with Gasteiger partial charge < -0.3 is 14.6 Å². The molecule has 166 valence electrons. The molecule has 1 atom stereocenters. The third-order valence-corrected chi connectivity index (χ3v) is 6.04. The van der Waals surface area contributed by atoms with E-state index in [0.29, 0.717) is 18.4 Å². The smallest absolute Gasteiger partial charge is 0.325 e. The Hall–Kier alpha value is -3.09. The predicted molar refractivity (Wildman–Crippen MR) is 118 cm³/mol. The van der Waals surface area contributed by atoms with Gasteiger partial charge in [-0.05, 0) is 63.8 Å². The topological polar surface area (TPSA) is 80.6 Å². The molecule has 1 aliphatic heterocycles. The van der Waals surface area contributed by atoms with E-state index in [1.165, 1.54) is 0 Å². The summed E-state index contributed by atoms with van der Waals surface area (Å²) in [6.07, 6.45) is 2.02. The van der Waals surface area contributed by atoms with Crippen molar-refractivity contribution in [3.05, 3.63) is 52.8 Å². The normalized spacial score (nSPS) is 18.4. The lowest BCUT2D eigenvalue weighted by Crippen LogP contribution is -2.44. The first-order valence-electron chi connectivity index (χ1n) is 10.7. The number of aromatic nitrogens is 1. The summed E-state index contributed by atoms with van der Waals surface area (Å²) >= 11 is 0. The number of hydrogen-bond acceptors (Lipinski definition) is 4. The monoisotopic (exact) mass is 425 g/mol. The second-order valence-electron chi connectivity index (χ2n) is 8.36. The fraction of sp³-hybridized carbons (Fsp3) is 0.458. The fourth-order valence-electron chi connectivity index (χ4n) is 4.13. The van der Waals surface area contributed by atoms with Crippen LogP contribution in [0.5, 0.6) is 5.75 Å². The highest BCUT2D eigenvalue weighted by Crippen LogP contribution is 2.25. The molecule has 7 heteroatoms. The van der Waals surface area contributed by atoms with Crippen LogP contribution >= 0.6 is 0 Å². The van der Waals surface area contributed by atoms with E-state index in [1.807, 2.05) is 44.2 Å². The van der Waals surface area contributed by atoms with Crippen molar-refractivity contribution in [2.45, 2.75) is 59.0 Å². The van der Waals surface area contributed by atoms with E-state index in [4.69, 9.17) is 4.74 Å². The average Bonchev–Trinajstić information content (AvgIpc) is 3.15. The quantitative estimate of drug-likeness (QED) is 0.491. The fourth-order valence-corrected chi connectivity index (χ4v) is 4.13. The Morgan fingerprint density at radius 3 is 2.45 bits per heavy atom. The maximum absolute atomic E-state index is 13.1. The van der Waals surface area contributed by atoms with E-state index in [0.717, 1.165) is 40.6 Å². The molecule has 0 saturated carbocycles. The van der Waals surface area contributed by atoms with Gasteiger partial charge in [-0.1, -0.05) is 19.1 Å². The molecular weight excluding hydrogens is 394 g/mol. The Morgan fingerprint density at radius 2 is 1.84 bits per heavy atom. The van der Waals surface area contributed by atoms with E-state index >= 15 is 0 Å². The van der Waals surface area contributed by atoms with Crippen LogP contribution in [-0.2, 0) is 17.8 Å². The van der Waals surface area contributed by atoms with Crippen LogP contribution in [0.15, 0.2) is 30.3 Å². The summed E-state index contributed by atoms with van der Waals surface area (Å²) < 4.78 is 7.26. The van der Waals surface area contributed by atoms with Crippen molar-refractivity contribution >= 4 is 17.7 Å². The van der Waals surface area contributed by atoms with Crippen LogP contribution < -0.4 is 10.1 Å². The summed E-state index contributed by atoms with van der Waals surface area (Å²) in [5, 5.41) is 2.79. The number of Topliss-reactive ketones (excluding diaryl/α,β-unsaturated/α-hetero) is 1. The van der Waals surface area contributed by atoms with Crippen LogP contribution in [0.3, 0.4) is 0 Å². The number of amides is 3. The van der Waals surface area contributed by atoms with Gasteiger partial charge >= 0.3 is 6.03 Å². The molecule has 0 unspecified atom stereocenters. The number of ketones is 1. The molecule has 2 heterocycles. The number of nitrogens with zero attached hydrogens (tertiary/aromatic N) is 2. The molecule has 31 heavy (non-hydrogen) atoms. The largest absolute Gasteiger partial charge is 0.497 e. The van der Waals surface area contributed by atoms with Crippen molar-refractivity contribution < 1.29 is 19.1 Å². The molecule has 2 aromatic rings. The van der Waals surface area contributed by atoms with Crippen molar-refractivity contribution in [1.82, 2.24) is 14.8 Å². The number of rotatable bonds is 9. The highest BCUT2D eigenvalue weighted by Gasteiger charge is 2.48. The molecule has 1 aromatic carbocycles. The lowest BCUT2D eigenvalue weighted by atomic mass is 9.93. The molecule has 1 saturated heterocycles. The van der Waals surface area contributed by atoms with Crippen molar-refractivity contribution in [2.75, 3.05) is 13.7 Å². The summed E-state index contributed by atoms with van der Waals surface area (Å²) in [5.74, 6) is 0.184. The van der Waals surface area contributed by atoms with Gasteiger partial charge in [-0.25, -0.2) is 4.79 Å². The summed E-state index contributed by atoms with van der Waals surface area (Å²) in [5.41, 5.74) is 2.46. The minimum Gasteiger partial charge on any atom is -0.497 e. The van der Waals surface area contributed by atoms with Crippen LogP contribution in [0.25, 0.3) is 0 Å². The maximum atomic E-state index is 13.1. The number of carbonyl (C=O) groups excluding carboxylic acids is 3. The van der Waals surface area contributed by atoms with Gasteiger partial charge in [-0.2, -0.15) is 0 Å². The lowest BCUT2D eigenvalue weighted by Gasteiger charge is -2.21. The Morgan fingerprint density at radius 1 is 1.16 bits per heavy atom.